The lowest BCUT2D eigenvalue weighted by atomic mass is 10.2. The monoisotopic (exact) mass is 268 g/mol. The first-order valence-electron chi connectivity index (χ1n) is 6.05. The van der Waals surface area contributed by atoms with Gasteiger partial charge in [-0.15, -0.1) is 5.10 Å². The van der Waals surface area contributed by atoms with Crippen LogP contribution in [0, 0.1) is 0 Å². The van der Waals surface area contributed by atoms with Crippen molar-refractivity contribution in [2.45, 2.75) is 25.5 Å². The van der Waals surface area contributed by atoms with E-state index in [0.29, 0.717) is 6.54 Å². The van der Waals surface area contributed by atoms with E-state index in [1.807, 2.05) is 0 Å². The Kier molecular flexibility index (Phi) is 4.10. The molecule has 0 aromatic carbocycles. The standard InChI is InChI=1S/C11H16N4O4/c1-14(5-8-3-2-4-19-8)11(18)9-6-15(13-12-9)7-10(16)17/h6,8H,2-5,7H2,1H3,(H,16,17). The van der Waals surface area contributed by atoms with Crippen molar-refractivity contribution in [3.63, 3.8) is 0 Å². The largest absolute Gasteiger partial charge is 0.480 e. The van der Waals surface area contributed by atoms with Crippen LogP contribution in [0.3, 0.4) is 0 Å². The normalized spacial score (nSPS) is 18.5. The number of hydrogen-bond donors (Lipinski definition) is 1. The first-order valence-corrected chi connectivity index (χ1v) is 6.05. The molecule has 1 unspecified atom stereocenters. The summed E-state index contributed by atoms with van der Waals surface area (Å²) in [5.74, 6) is -1.32. The van der Waals surface area contributed by atoms with Gasteiger partial charge in [0.05, 0.1) is 12.3 Å². The molecule has 0 bridgehead atoms. The number of amides is 1. The summed E-state index contributed by atoms with van der Waals surface area (Å²) in [4.78, 5) is 24.1. The summed E-state index contributed by atoms with van der Waals surface area (Å²) in [6.07, 6.45) is 3.37. The Hall–Kier alpha value is -1.96. The molecule has 0 saturated carbocycles. The molecular formula is C11H16N4O4. The van der Waals surface area contributed by atoms with E-state index in [1.165, 1.54) is 11.1 Å². The molecule has 0 aliphatic carbocycles. The van der Waals surface area contributed by atoms with Crippen molar-refractivity contribution in [3.05, 3.63) is 11.9 Å². The van der Waals surface area contributed by atoms with Crippen molar-refractivity contribution in [1.82, 2.24) is 19.9 Å². The van der Waals surface area contributed by atoms with Crippen LogP contribution in [0.4, 0.5) is 0 Å². The van der Waals surface area contributed by atoms with Gasteiger partial charge in [0.25, 0.3) is 5.91 Å². The van der Waals surface area contributed by atoms with Gasteiger partial charge >= 0.3 is 5.97 Å². The van der Waals surface area contributed by atoms with Crippen LogP contribution in [0.1, 0.15) is 23.3 Å². The smallest absolute Gasteiger partial charge is 0.325 e. The molecule has 8 heteroatoms. The zero-order valence-corrected chi connectivity index (χ0v) is 10.7. The number of nitrogens with zero attached hydrogens (tertiary/aromatic N) is 4. The second kappa shape index (κ2) is 5.79. The van der Waals surface area contributed by atoms with E-state index < -0.39 is 5.97 Å². The molecule has 8 nitrogen and oxygen atoms in total. The molecule has 1 fully saturated rings. The number of hydrogen-bond acceptors (Lipinski definition) is 5. The molecular weight excluding hydrogens is 252 g/mol. The van der Waals surface area contributed by atoms with Crippen LogP contribution in [0.25, 0.3) is 0 Å². The van der Waals surface area contributed by atoms with E-state index >= 15 is 0 Å². The summed E-state index contributed by atoms with van der Waals surface area (Å²) in [7, 11) is 1.67. The van der Waals surface area contributed by atoms with Crippen LogP contribution in [0.2, 0.25) is 0 Å². The molecule has 1 saturated heterocycles. The predicted octanol–water partition coefficient (Wildman–Crippen LogP) is -0.386. The van der Waals surface area contributed by atoms with Crippen molar-refractivity contribution in [2.24, 2.45) is 0 Å². The van der Waals surface area contributed by atoms with Gasteiger partial charge in [0, 0.05) is 20.2 Å². The third-order valence-electron chi connectivity index (χ3n) is 2.90. The lowest BCUT2D eigenvalue weighted by Gasteiger charge is -2.19. The summed E-state index contributed by atoms with van der Waals surface area (Å²) in [5.41, 5.74) is 0.141. The number of aromatic nitrogens is 3. The van der Waals surface area contributed by atoms with E-state index in [9.17, 15) is 9.59 Å². The number of carbonyl (C=O) groups is 2. The molecule has 2 rings (SSSR count). The van der Waals surface area contributed by atoms with Crippen LogP contribution in [0.15, 0.2) is 6.20 Å². The molecule has 1 N–H and O–H groups in total. The van der Waals surface area contributed by atoms with Crippen LogP contribution < -0.4 is 0 Å². The highest BCUT2D eigenvalue weighted by Crippen LogP contribution is 2.13. The van der Waals surface area contributed by atoms with Crippen LogP contribution >= 0.6 is 0 Å². The second-order valence-corrected chi connectivity index (χ2v) is 4.52. The maximum atomic E-state index is 12.0. The highest BCUT2D eigenvalue weighted by atomic mass is 16.5. The fourth-order valence-corrected chi connectivity index (χ4v) is 1.98. The van der Waals surface area contributed by atoms with E-state index in [2.05, 4.69) is 10.3 Å². The Morgan fingerprint density at radius 3 is 3.05 bits per heavy atom. The fraction of sp³-hybridized carbons (Fsp3) is 0.636. The van der Waals surface area contributed by atoms with E-state index in [4.69, 9.17) is 9.84 Å². The van der Waals surface area contributed by atoms with E-state index in [1.54, 1.807) is 7.05 Å². The summed E-state index contributed by atoms with van der Waals surface area (Å²) in [6, 6.07) is 0. The number of carboxylic acid groups (broad SMARTS) is 1. The Morgan fingerprint density at radius 2 is 2.42 bits per heavy atom. The quantitative estimate of drug-likeness (QED) is 0.781. The zero-order chi connectivity index (χ0) is 13.8. The minimum absolute atomic E-state index is 0.0722. The van der Waals surface area contributed by atoms with Gasteiger partial charge in [-0.25, -0.2) is 4.68 Å². The lowest BCUT2D eigenvalue weighted by molar-refractivity contribution is -0.137. The molecule has 104 valence electrons. The molecule has 1 aliphatic heterocycles. The third kappa shape index (κ3) is 3.50. The lowest BCUT2D eigenvalue weighted by Crippen LogP contribution is -2.34. The van der Waals surface area contributed by atoms with Gasteiger partial charge in [-0.05, 0) is 12.8 Å². The molecule has 19 heavy (non-hydrogen) atoms. The summed E-state index contributed by atoms with van der Waals surface area (Å²) in [5, 5.41) is 15.9. The maximum absolute atomic E-state index is 12.0. The van der Waals surface area contributed by atoms with Crippen molar-refractivity contribution in [1.29, 1.82) is 0 Å². The second-order valence-electron chi connectivity index (χ2n) is 4.52. The number of carboxylic acids is 1. The summed E-state index contributed by atoms with van der Waals surface area (Å²) >= 11 is 0. The van der Waals surface area contributed by atoms with Crippen LogP contribution in [-0.4, -0.2) is 63.2 Å². The maximum Gasteiger partial charge on any atom is 0.325 e. The first-order chi connectivity index (χ1) is 9.06. The van der Waals surface area contributed by atoms with Crippen molar-refractivity contribution in [2.75, 3.05) is 20.2 Å². The highest BCUT2D eigenvalue weighted by Gasteiger charge is 2.22. The molecule has 0 radical (unpaired) electrons. The van der Waals surface area contributed by atoms with Crippen LogP contribution in [-0.2, 0) is 16.1 Å². The number of ether oxygens (including phenoxy) is 1. The van der Waals surface area contributed by atoms with Crippen molar-refractivity contribution < 1.29 is 19.4 Å². The minimum atomic E-state index is -1.03. The zero-order valence-electron chi connectivity index (χ0n) is 10.7. The van der Waals surface area contributed by atoms with Crippen molar-refractivity contribution >= 4 is 11.9 Å². The minimum Gasteiger partial charge on any atom is -0.480 e. The number of aliphatic carboxylic acids is 1. The van der Waals surface area contributed by atoms with Gasteiger partial charge in [-0.3, -0.25) is 9.59 Å². The molecule has 1 amide bonds. The van der Waals surface area contributed by atoms with Gasteiger partial charge in [0.1, 0.15) is 6.54 Å². The van der Waals surface area contributed by atoms with Gasteiger partial charge in [-0.1, -0.05) is 5.21 Å². The number of likely N-dealkylation sites (N-methyl/N-ethyl adjacent to an activating group) is 1. The first kappa shape index (κ1) is 13.5. The van der Waals surface area contributed by atoms with Crippen LogP contribution in [0.5, 0.6) is 0 Å². The van der Waals surface area contributed by atoms with Gasteiger partial charge in [0.2, 0.25) is 0 Å². The Morgan fingerprint density at radius 1 is 1.63 bits per heavy atom. The van der Waals surface area contributed by atoms with Gasteiger partial charge < -0.3 is 14.7 Å². The molecule has 1 aromatic heterocycles. The average Bonchev–Trinajstić information content (AvgIpc) is 2.98. The number of carbonyl (C=O) groups excluding carboxylic acids is 1. The predicted molar refractivity (Wildman–Crippen MR) is 63.6 cm³/mol. The SMILES string of the molecule is CN(CC1CCCO1)C(=O)c1cn(CC(=O)O)nn1. The Bertz CT molecular complexity index is 467. The molecule has 1 aliphatic rings. The number of rotatable bonds is 5. The Labute approximate surface area is 109 Å². The van der Waals surface area contributed by atoms with Crippen molar-refractivity contribution in [3.8, 4) is 0 Å². The van der Waals surface area contributed by atoms with Gasteiger partial charge in [0.15, 0.2) is 5.69 Å². The third-order valence-corrected chi connectivity index (χ3v) is 2.90. The molecule has 0 spiro atoms. The summed E-state index contributed by atoms with van der Waals surface area (Å²) < 4.78 is 6.58. The van der Waals surface area contributed by atoms with E-state index in [-0.39, 0.29) is 24.2 Å². The topological polar surface area (TPSA) is 97.5 Å². The summed E-state index contributed by atoms with van der Waals surface area (Å²) in [6.45, 7) is 0.932. The molecule has 1 aromatic rings. The molecule has 2 heterocycles. The van der Waals surface area contributed by atoms with E-state index in [0.717, 1.165) is 24.1 Å². The highest BCUT2D eigenvalue weighted by molar-refractivity contribution is 5.91. The average molecular weight is 268 g/mol. The Balaban J connectivity index is 1.94. The molecule has 1 atom stereocenters. The van der Waals surface area contributed by atoms with Gasteiger partial charge in [-0.2, -0.15) is 0 Å². The fourth-order valence-electron chi connectivity index (χ4n) is 1.98.